The monoisotopic (exact) mass is 478 g/mol. The molecule has 1 heterocycles. The van der Waals surface area contributed by atoms with Crippen LogP contribution in [0.25, 0.3) is 5.69 Å². The Morgan fingerprint density at radius 3 is 2.41 bits per heavy atom. The fourth-order valence-electron chi connectivity index (χ4n) is 3.06. The van der Waals surface area contributed by atoms with E-state index in [0.717, 1.165) is 17.3 Å². The van der Waals surface area contributed by atoms with Crippen LogP contribution in [-0.4, -0.2) is 34.0 Å². The van der Waals surface area contributed by atoms with E-state index in [0.29, 0.717) is 12.1 Å². The van der Waals surface area contributed by atoms with Crippen molar-refractivity contribution in [3.8, 4) is 5.69 Å². The van der Waals surface area contributed by atoms with Crippen molar-refractivity contribution >= 4 is 27.3 Å². The first kappa shape index (κ1) is 22.6. The number of nitrogens with zero attached hydrogens (tertiary/aromatic N) is 4. The molecule has 0 aliphatic heterocycles. The van der Waals surface area contributed by atoms with E-state index in [9.17, 15) is 23.3 Å². The predicted molar refractivity (Wildman–Crippen MR) is 123 cm³/mol. The number of carbonyl (C=O) groups excluding carboxylic acids is 1. The predicted octanol–water partition coefficient (Wildman–Crippen LogP) is 2.91. The van der Waals surface area contributed by atoms with Gasteiger partial charge in [0.15, 0.2) is 0 Å². The fraction of sp³-hybridized carbons (Fsp3) is 0.0455. The van der Waals surface area contributed by atoms with Crippen molar-refractivity contribution in [3.05, 3.63) is 107 Å². The Labute approximate surface area is 194 Å². The Bertz CT molecular complexity index is 1420. The van der Waals surface area contributed by atoms with Crippen LogP contribution in [0, 0.1) is 10.1 Å². The van der Waals surface area contributed by atoms with Gasteiger partial charge in [0, 0.05) is 29.9 Å². The van der Waals surface area contributed by atoms with Crippen molar-refractivity contribution < 1.29 is 18.1 Å². The average molecular weight is 478 g/mol. The van der Waals surface area contributed by atoms with Gasteiger partial charge in [-0.25, -0.2) is 18.1 Å². The van der Waals surface area contributed by atoms with Gasteiger partial charge in [-0.2, -0.15) is 5.10 Å². The van der Waals surface area contributed by atoms with Crippen molar-refractivity contribution in [1.82, 2.24) is 20.1 Å². The van der Waals surface area contributed by atoms with Crippen molar-refractivity contribution in [1.29, 1.82) is 0 Å². The molecule has 172 valence electrons. The van der Waals surface area contributed by atoms with Crippen LogP contribution in [0.15, 0.2) is 90.3 Å². The normalized spacial score (nSPS) is 11.1. The smallest absolute Gasteiger partial charge is 0.270 e. The second-order valence-electron chi connectivity index (χ2n) is 7.13. The van der Waals surface area contributed by atoms with Crippen LogP contribution in [0.4, 0.5) is 11.4 Å². The van der Waals surface area contributed by atoms with Crippen LogP contribution in [-0.2, 0) is 16.6 Å². The highest BCUT2D eigenvalue weighted by Gasteiger charge is 2.18. The molecule has 1 aromatic heterocycles. The Kier molecular flexibility index (Phi) is 6.32. The summed E-state index contributed by atoms with van der Waals surface area (Å²) in [7, 11) is -4.03. The lowest BCUT2D eigenvalue weighted by Crippen LogP contribution is -2.22. The molecule has 1 amide bonds. The Balaban J connectivity index is 1.37. The maximum atomic E-state index is 12.5. The molecule has 4 rings (SSSR count). The molecule has 2 N–H and O–H groups in total. The summed E-state index contributed by atoms with van der Waals surface area (Å²) < 4.78 is 29.0. The van der Waals surface area contributed by atoms with Crippen molar-refractivity contribution in [3.63, 3.8) is 0 Å². The molecule has 0 aliphatic rings. The number of rotatable bonds is 8. The molecule has 34 heavy (non-hydrogen) atoms. The van der Waals surface area contributed by atoms with E-state index in [2.05, 4.69) is 20.1 Å². The first-order valence-electron chi connectivity index (χ1n) is 9.91. The Morgan fingerprint density at radius 2 is 1.76 bits per heavy atom. The summed E-state index contributed by atoms with van der Waals surface area (Å²) in [4.78, 5) is 26.3. The van der Waals surface area contributed by atoms with Gasteiger partial charge >= 0.3 is 0 Å². The van der Waals surface area contributed by atoms with Crippen LogP contribution in [0.2, 0.25) is 0 Å². The molecule has 12 heteroatoms. The maximum absolute atomic E-state index is 12.5. The zero-order chi connectivity index (χ0) is 24.1. The largest absolute Gasteiger partial charge is 0.348 e. The first-order chi connectivity index (χ1) is 16.3. The summed E-state index contributed by atoms with van der Waals surface area (Å²) in [6, 6.07) is 18.0. The fourth-order valence-corrected chi connectivity index (χ4v) is 4.16. The number of aromatic nitrogens is 3. The molecule has 0 radical (unpaired) electrons. The van der Waals surface area contributed by atoms with Gasteiger partial charge in [-0.05, 0) is 48.0 Å². The van der Waals surface area contributed by atoms with Gasteiger partial charge in [0.05, 0.1) is 15.5 Å². The number of non-ortho nitro benzene ring substituents is 1. The minimum atomic E-state index is -4.03. The second-order valence-corrected chi connectivity index (χ2v) is 8.81. The number of nitro benzene ring substituents is 1. The molecule has 0 unspecified atom stereocenters. The maximum Gasteiger partial charge on any atom is 0.270 e. The summed E-state index contributed by atoms with van der Waals surface area (Å²) in [5, 5.41) is 17.8. The number of sulfonamides is 1. The lowest BCUT2D eigenvalue weighted by molar-refractivity contribution is -0.385. The third-order valence-corrected chi connectivity index (χ3v) is 6.19. The summed E-state index contributed by atoms with van der Waals surface area (Å²) in [5.41, 5.74) is 1.96. The zero-order valence-corrected chi connectivity index (χ0v) is 18.3. The first-order valence-corrected chi connectivity index (χ1v) is 11.4. The van der Waals surface area contributed by atoms with Gasteiger partial charge in [0.25, 0.3) is 21.6 Å². The van der Waals surface area contributed by atoms with Crippen molar-refractivity contribution in [2.24, 2.45) is 0 Å². The zero-order valence-electron chi connectivity index (χ0n) is 17.5. The summed E-state index contributed by atoms with van der Waals surface area (Å²) >= 11 is 0. The van der Waals surface area contributed by atoms with E-state index >= 15 is 0 Å². The van der Waals surface area contributed by atoms with E-state index in [4.69, 9.17) is 0 Å². The highest BCUT2D eigenvalue weighted by atomic mass is 32.2. The molecular formula is C22H18N6O5S. The molecule has 3 aromatic carbocycles. The summed E-state index contributed by atoms with van der Waals surface area (Å²) in [6.07, 6.45) is 3.03. The minimum Gasteiger partial charge on any atom is -0.348 e. The minimum absolute atomic E-state index is 0.215. The SMILES string of the molecule is O=C(NCc1ccc(-n2cncn2)cc1)c1ccc(NS(=O)(=O)c2cccc([N+](=O)[O-])c2)cc1. The standard InChI is InChI=1S/C22H18N6O5S/c29-22(24-13-16-4-10-19(11-5-16)27-15-23-14-25-27)17-6-8-18(9-7-17)26-34(32,33)21-3-1-2-20(12-21)28(30)31/h1-12,14-15,26H,13H2,(H,24,29). The van der Waals surface area contributed by atoms with Crippen LogP contribution < -0.4 is 10.0 Å². The molecule has 11 nitrogen and oxygen atoms in total. The Morgan fingerprint density at radius 1 is 1.03 bits per heavy atom. The van der Waals surface area contributed by atoms with E-state index in [-0.39, 0.29) is 22.2 Å². The molecule has 0 saturated heterocycles. The van der Waals surface area contributed by atoms with Gasteiger partial charge in [0.1, 0.15) is 12.7 Å². The van der Waals surface area contributed by atoms with E-state index in [1.807, 2.05) is 24.3 Å². The third-order valence-electron chi connectivity index (χ3n) is 4.81. The average Bonchev–Trinajstić information content (AvgIpc) is 3.38. The molecule has 4 aromatic rings. The van der Waals surface area contributed by atoms with Crippen LogP contribution in [0.1, 0.15) is 15.9 Å². The Hall–Kier alpha value is -4.58. The number of nitrogens with one attached hydrogen (secondary N) is 2. The van der Waals surface area contributed by atoms with Crippen molar-refractivity contribution in [2.75, 3.05) is 4.72 Å². The summed E-state index contributed by atoms with van der Waals surface area (Å²) in [5.74, 6) is -0.326. The lowest BCUT2D eigenvalue weighted by Gasteiger charge is -2.10. The number of amides is 1. The quantitative estimate of drug-likeness (QED) is 0.292. The van der Waals surface area contributed by atoms with E-state index in [1.165, 1.54) is 48.8 Å². The molecule has 0 fully saturated rings. The number of nitro groups is 1. The molecule has 0 spiro atoms. The van der Waals surface area contributed by atoms with Crippen LogP contribution >= 0.6 is 0 Å². The molecule has 0 atom stereocenters. The number of benzene rings is 3. The van der Waals surface area contributed by atoms with E-state index in [1.54, 1.807) is 11.0 Å². The van der Waals surface area contributed by atoms with Crippen LogP contribution in [0.5, 0.6) is 0 Å². The molecular weight excluding hydrogens is 460 g/mol. The van der Waals surface area contributed by atoms with Gasteiger partial charge in [-0.1, -0.05) is 18.2 Å². The van der Waals surface area contributed by atoms with Crippen LogP contribution in [0.3, 0.4) is 0 Å². The van der Waals surface area contributed by atoms with Gasteiger partial charge < -0.3 is 5.32 Å². The number of anilines is 1. The van der Waals surface area contributed by atoms with Gasteiger partial charge in [-0.15, -0.1) is 0 Å². The molecule has 0 bridgehead atoms. The highest BCUT2D eigenvalue weighted by Crippen LogP contribution is 2.21. The van der Waals surface area contributed by atoms with Crippen molar-refractivity contribution in [2.45, 2.75) is 11.4 Å². The lowest BCUT2D eigenvalue weighted by atomic mass is 10.1. The second kappa shape index (κ2) is 9.50. The number of hydrogen-bond donors (Lipinski definition) is 2. The third kappa shape index (κ3) is 5.24. The van der Waals surface area contributed by atoms with Gasteiger partial charge in [-0.3, -0.25) is 19.6 Å². The number of hydrogen-bond acceptors (Lipinski definition) is 7. The topological polar surface area (TPSA) is 149 Å². The highest BCUT2D eigenvalue weighted by molar-refractivity contribution is 7.92. The summed E-state index contributed by atoms with van der Waals surface area (Å²) in [6.45, 7) is 0.303. The molecule has 0 saturated carbocycles. The van der Waals surface area contributed by atoms with E-state index < -0.39 is 14.9 Å². The number of carbonyl (C=O) groups is 1. The molecule has 0 aliphatic carbocycles. The van der Waals surface area contributed by atoms with Gasteiger partial charge in [0.2, 0.25) is 0 Å².